The summed E-state index contributed by atoms with van der Waals surface area (Å²) >= 11 is 0. The number of rotatable bonds is 5. The van der Waals surface area contributed by atoms with Crippen molar-refractivity contribution in [2.45, 2.75) is 26.6 Å². The SMILES string of the molecule is Cc1cc(CN(C)C(=O)c2ccc[nH]c2=O)cc(C)c1OCC(F)(F)F. The predicted octanol–water partition coefficient (Wildman–Crippen LogP) is 3.21. The van der Waals surface area contributed by atoms with Gasteiger partial charge in [0, 0.05) is 19.8 Å². The molecule has 0 aliphatic rings. The van der Waals surface area contributed by atoms with Gasteiger partial charge in [-0.05, 0) is 42.7 Å². The fraction of sp³-hybridized carbons (Fsp3) is 0.333. The Bertz CT molecular complexity index is 836. The van der Waals surface area contributed by atoms with Gasteiger partial charge in [-0.2, -0.15) is 13.2 Å². The highest BCUT2D eigenvalue weighted by atomic mass is 19.4. The third kappa shape index (κ3) is 4.87. The number of pyridine rings is 1. The summed E-state index contributed by atoms with van der Waals surface area (Å²) in [5.74, 6) is -0.265. The Kier molecular flexibility index (Phi) is 5.74. The molecule has 0 saturated carbocycles. The first-order chi connectivity index (χ1) is 12.1. The minimum atomic E-state index is -4.41. The molecule has 140 valence electrons. The van der Waals surface area contributed by atoms with E-state index in [1.165, 1.54) is 17.2 Å². The zero-order valence-corrected chi connectivity index (χ0v) is 14.6. The van der Waals surface area contributed by atoms with Crippen molar-refractivity contribution in [2.75, 3.05) is 13.7 Å². The average molecular weight is 368 g/mol. The molecule has 1 N–H and O–H groups in total. The van der Waals surface area contributed by atoms with E-state index in [4.69, 9.17) is 4.74 Å². The van der Waals surface area contributed by atoms with Gasteiger partial charge in [0.1, 0.15) is 11.3 Å². The fourth-order valence-electron chi connectivity index (χ4n) is 2.65. The van der Waals surface area contributed by atoms with Crippen LogP contribution in [0.3, 0.4) is 0 Å². The van der Waals surface area contributed by atoms with E-state index in [-0.39, 0.29) is 17.9 Å². The number of hydrogen-bond acceptors (Lipinski definition) is 3. The van der Waals surface area contributed by atoms with Crippen molar-refractivity contribution in [1.29, 1.82) is 0 Å². The number of hydrogen-bond donors (Lipinski definition) is 1. The van der Waals surface area contributed by atoms with Crippen molar-refractivity contribution in [3.63, 3.8) is 0 Å². The largest absolute Gasteiger partial charge is 0.484 e. The van der Waals surface area contributed by atoms with Crippen LogP contribution in [0.15, 0.2) is 35.3 Å². The normalized spacial score (nSPS) is 11.3. The maximum absolute atomic E-state index is 12.4. The van der Waals surface area contributed by atoms with Crippen LogP contribution in [0.2, 0.25) is 0 Å². The molecule has 8 heteroatoms. The van der Waals surface area contributed by atoms with Crippen molar-refractivity contribution in [2.24, 2.45) is 0 Å². The van der Waals surface area contributed by atoms with E-state index in [9.17, 15) is 22.8 Å². The van der Waals surface area contributed by atoms with E-state index in [1.54, 1.807) is 39.1 Å². The molecular weight excluding hydrogens is 349 g/mol. The molecule has 0 fully saturated rings. The van der Waals surface area contributed by atoms with Crippen LogP contribution in [0.4, 0.5) is 13.2 Å². The van der Waals surface area contributed by atoms with Crippen LogP contribution in [0.1, 0.15) is 27.0 Å². The molecule has 0 aliphatic heterocycles. The van der Waals surface area contributed by atoms with Crippen LogP contribution in [0.25, 0.3) is 0 Å². The minimum Gasteiger partial charge on any atom is -0.484 e. The van der Waals surface area contributed by atoms with Crippen LogP contribution in [-0.2, 0) is 6.54 Å². The van der Waals surface area contributed by atoms with Crippen molar-refractivity contribution >= 4 is 5.91 Å². The molecule has 1 amide bonds. The fourth-order valence-corrected chi connectivity index (χ4v) is 2.65. The number of nitrogens with zero attached hydrogens (tertiary/aromatic N) is 1. The van der Waals surface area contributed by atoms with E-state index in [0.29, 0.717) is 11.1 Å². The Balaban J connectivity index is 2.16. The van der Waals surface area contributed by atoms with Gasteiger partial charge in [-0.25, -0.2) is 0 Å². The highest BCUT2D eigenvalue weighted by Gasteiger charge is 2.29. The third-order valence-electron chi connectivity index (χ3n) is 3.72. The Morgan fingerprint density at radius 3 is 2.38 bits per heavy atom. The van der Waals surface area contributed by atoms with Gasteiger partial charge in [0.05, 0.1) is 0 Å². The summed E-state index contributed by atoms with van der Waals surface area (Å²) in [6.45, 7) is 2.13. The van der Waals surface area contributed by atoms with Gasteiger partial charge in [0.25, 0.3) is 11.5 Å². The number of alkyl halides is 3. The molecule has 0 radical (unpaired) electrons. The summed E-state index contributed by atoms with van der Waals surface area (Å²) < 4.78 is 41.9. The summed E-state index contributed by atoms with van der Waals surface area (Å²) in [4.78, 5) is 27.9. The highest BCUT2D eigenvalue weighted by molar-refractivity contribution is 5.93. The third-order valence-corrected chi connectivity index (χ3v) is 3.72. The summed E-state index contributed by atoms with van der Waals surface area (Å²) in [6, 6.07) is 6.32. The van der Waals surface area contributed by atoms with Crippen molar-refractivity contribution in [3.8, 4) is 5.75 Å². The lowest BCUT2D eigenvalue weighted by Crippen LogP contribution is -2.31. The second kappa shape index (κ2) is 7.63. The number of nitrogens with one attached hydrogen (secondary N) is 1. The van der Waals surface area contributed by atoms with Gasteiger partial charge in [0.15, 0.2) is 6.61 Å². The monoisotopic (exact) mass is 368 g/mol. The number of H-pyrrole nitrogens is 1. The van der Waals surface area contributed by atoms with Crippen molar-refractivity contribution in [3.05, 3.63) is 63.1 Å². The van der Waals surface area contributed by atoms with Crippen molar-refractivity contribution < 1.29 is 22.7 Å². The molecule has 2 rings (SSSR count). The first kappa shape index (κ1) is 19.6. The maximum Gasteiger partial charge on any atom is 0.422 e. The van der Waals surface area contributed by atoms with Crippen LogP contribution in [0, 0.1) is 13.8 Å². The Labute approximate surface area is 148 Å². The van der Waals surface area contributed by atoms with Gasteiger partial charge in [-0.1, -0.05) is 12.1 Å². The molecular formula is C18H19F3N2O3. The Hall–Kier alpha value is -2.77. The molecule has 0 saturated heterocycles. The number of aromatic amines is 1. The standard InChI is InChI=1S/C18H19F3N2O3/c1-11-7-13(8-12(2)15(11)26-10-18(19,20)21)9-23(3)17(25)14-5-4-6-22-16(14)24/h4-8H,9-10H2,1-3H3,(H,22,24). The summed E-state index contributed by atoms with van der Waals surface area (Å²) in [5, 5.41) is 0. The molecule has 0 spiro atoms. The summed E-state index contributed by atoms with van der Waals surface area (Å²) in [5.41, 5.74) is 1.36. The molecule has 0 aliphatic carbocycles. The molecule has 1 heterocycles. The lowest BCUT2D eigenvalue weighted by atomic mass is 10.0. The second-order valence-electron chi connectivity index (χ2n) is 6.04. The number of amides is 1. The minimum absolute atomic E-state index is 0.0218. The van der Waals surface area contributed by atoms with Crippen LogP contribution in [0.5, 0.6) is 5.75 Å². The van der Waals surface area contributed by atoms with Gasteiger partial charge in [-0.15, -0.1) is 0 Å². The molecule has 26 heavy (non-hydrogen) atoms. The number of aryl methyl sites for hydroxylation is 2. The van der Waals surface area contributed by atoms with Crippen LogP contribution in [-0.4, -0.2) is 35.6 Å². The molecule has 0 atom stereocenters. The first-order valence-corrected chi connectivity index (χ1v) is 7.81. The number of benzene rings is 1. The average Bonchev–Trinajstić information content (AvgIpc) is 2.52. The van der Waals surface area contributed by atoms with E-state index in [2.05, 4.69) is 4.98 Å². The van der Waals surface area contributed by atoms with Crippen molar-refractivity contribution in [1.82, 2.24) is 9.88 Å². The quantitative estimate of drug-likeness (QED) is 0.882. The molecule has 1 aromatic carbocycles. The highest BCUT2D eigenvalue weighted by Crippen LogP contribution is 2.27. The summed E-state index contributed by atoms with van der Waals surface area (Å²) in [7, 11) is 1.55. The Morgan fingerprint density at radius 1 is 1.23 bits per heavy atom. The lowest BCUT2D eigenvalue weighted by molar-refractivity contribution is -0.153. The topological polar surface area (TPSA) is 62.4 Å². The molecule has 1 aromatic heterocycles. The number of ether oxygens (including phenoxy) is 1. The number of carbonyl (C=O) groups excluding carboxylic acids is 1. The van der Waals surface area contributed by atoms with Crippen LogP contribution < -0.4 is 10.3 Å². The van der Waals surface area contributed by atoms with Gasteiger partial charge in [-0.3, -0.25) is 9.59 Å². The number of aromatic nitrogens is 1. The summed E-state index contributed by atoms with van der Waals surface area (Å²) in [6.07, 6.45) is -2.97. The van der Waals surface area contributed by atoms with E-state index < -0.39 is 24.2 Å². The second-order valence-corrected chi connectivity index (χ2v) is 6.04. The lowest BCUT2D eigenvalue weighted by Gasteiger charge is -2.19. The first-order valence-electron chi connectivity index (χ1n) is 7.81. The van der Waals surface area contributed by atoms with Gasteiger partial charge < -0.3 is 14.6 Å². The smallest absolute Gasteiger partial charge is 0.422 e. The zero-order chi connectivity index (χ0) is 19.5. The molecule has 0 unspecified atom stereocenters. The van der Waals surface area contributed by atoms with E-state index in [1.807, 2.05) is 0 Å². The predicted molar refractivity (Wildman–Crippen MR) is 90.3 cm³/mol. The molecule has 5 nitrogen and oxygen atoms in total. The van der Waals surface area contributed by atoms with E-state index >= 15 is 0 Å². The van der Waals surface area contributed by atoms with Gasteiger partial charge >= 0.3 is 6.18 Å². The number of carbonyl (C=O) groups is 1. The van der Waals surface area contributed by atoms with Gasteiger partial charge in [0.2, 0.25) is 0 Å². The number of halogens is 3. The van der Waals surface area contributed by atoms with E-state index in [0.717, 1.165) is 5.56 Å². The molecule has 0 bridgehead atoms. The molecule has 2 aromatic rings. The zero-order valence-electron chi connectivity index (χ0n) is 14.6. The maximum atomic E-state index is 12.4. The Morgan fingerprint density at radius 2 is 1.85 bits per heavy atom. The van der Waals surface area contributed by atoms with Crippen LogP contribution >= 0.6 is 0 Å².